The van der Waals surface area contributed by atoms with Crippen LogP contribution < -0.4 is 4.74 Å². The summed E-state index contributed by atoms with van der Waals surface area (Å²) in [6, 6.07) is 7.96. The standard InChI is InChI=1S/C23H34N2O3/c1-23(2,3)14-21(26)25-15-19(17-8-10-18(28-4)11-9-17)20(16-25)22(27)24-12-6-5-7-13-24/h8-11,19-20H,5-7,12-16H2,1-4H3/t19-,20-/m1/s1. The van der Waals surface area contributed by atoms with E-state index in [1.54, 1.807) is 7.11 Å². The first kappa shape index (κ1) is 20.7. The van der Waals surface area contributed by atoms with Gasteiger partial charge in [-0.25, -0.2) is 0 Å². The topological polar surface area (TPSA) is 49.9 Å². The van der Waals surface area contributed by atoms with Crippen LogP contribution in [0.4, 0.5) is 0 Å². The van der Waals surface area contributed by atoms with Crippen molar-refractivity contribution in [3.05, 3.63) is 29.8 Å². The molecule has 0 spiro atoms. The Bertz CT molecular complexity index is 687. The number of carbonyl (C=O) groups excluding carboxylic acids is 2. The van der Waals surface area contributed by atoms with Crippen molar-refractivity contribution in [1.82, 2.24) is 9.80 Å². The van der Waals surface area contributed by atoms with Gasteiger partial charge in [0.25, 0.3) is 0 Å². The third-order valence-electron chi connectivity index (χ3n) is 5.88. The van der Waals surface area contributed by atoms with Crippen LogP contribution in [0.25, 0.3) is 0 Å². The summed E-state index contributed by atoms with van der Waals surface area (Å²) in [6.45, 7) is 9.09. The van der Waals surface area contributed by atoms with Gasteiger partial charge in [0.1, 0.15) is 5.75 Å². The zero-order chi connectivity index (χ0) is 20.3. The number of rotatable bonds is 4. The molecule has 2 heterocycles. The number of nitrogens with zero attached hydrogens (tertiary/aromatic N) is 2. The first-order valence-electron chi connectivity index (χ1n) is 10.5. The minimum absolute atomic E-state index is 0.0456. The fourth-order valence-electron chi connectivity index (χ4n) is 4.36. The molecule has 1 aromatic rings. The Morgan fingerprint density at radius 2 is 1.64 bits per heavy atom. The normalized spacial score (nSPS) is 23.0. The first-order valence-corrected chi connectivity index (χ1v) is 10.5. The highest BCUT2D eigenvalue weighted by Gasteiger charge is 2.42. The van der Waals surface area contributed by atoms with E-state index in [0.29, 0.717) is 19.5 Å². The van der Waals surface area contributed by atoms with E-state index in [-0.39, 0.29) is 29.1 Å². The molecular weight excluding hydrogens is 352 g/mol. The van der Waals surface area contributed by atoms with Crippen LogP contribution in [0.15, 0.2) is 24.3 Å². The predicted molar refractivity (Wildman–Crippen MR) is 110 cm³/mol. The average Bonchev–Trinajstić information content (AvgIpc) is 3.12. The molecule has 28 heavy (non-hydrogen) atoms. The lowest BCUT2D eigenvalue weighted by Gasteiger charge is -2.31. The van der Waals surface area contributed by atoms with Crippen LogP contribution in [0.2, 0.25) is 0 Å². The lowest BCUT2D eigenvalue weighted by molar-refractivity contribution is -0.137. The highest BCUT2D eigenvalue weighted by molar-refractivity contribution is 5.83. The van der Waals surface area contributed by atoms with Gasteiger partial charge in [-0.1, -0.05) is 32.9 Å². The van der Waals surface area contributed by atoms with Crippen molar-refractivity contribution in [3.63, 3.8) is 0 Å². The van der Waals surface area contributed by atoms with Crippen LogP contribution >= 0.6 is 0 Å². The van der Waals surface area contributed by atoms with E-state index >= 15 is 0 Å². The fourth-order valence-corrected chi connectivity index (χ4v) is 4.36. The van der Waals surface area contributed by atoms with Crippen LogP contribution in [0.3, 0.4) is 0 Å². The number of likely N-dealkylation sites (tertiary alicyclic amines) is 2. The van der Waals surface area contributed by atoms with Crippen LogP contribution in [0.5, 0.6) is 5.75 Å². The van der Waals surface area contributed by atoms with Gasteiger partial charge in [0, 0.05) is 38.5 Å². The van der Waals surface area contributed by atoms with E-state index in [2.05, 4.69) is 20.8 Å². The van der Waals surface area contributed by atoms with Gasteiger partial charge >= 0.3 is 0 Å². The summed E-state index contributed by atoms with van der Waals surface area (Å²) in [6.07, 6.45) is 3.87. The number of ether oxygens (including phenoxy) is 1. The van der Waals surface area contributed by atoms with Crippen molar-refractivity contribution in [2.24, 2.45) is 11.3 Å². The summed E-state index contributed by atoms with van der Waals surface area (Å²) in [5, 5.41) is 0. The minimum atomic E-state index is -0.157. The quantitative estimate of drug-likeness (QED) is 0.793. The molecule has 5 heteroatoms. The van der Waals surface area contributed by atoms with Gasteiger partial charge in [-0.05, 0) is 42.4 Å². The molecule has 3 rings (SSSR count). The van der Waals surface area contributed by atoms with Crippen molar-refractivity contribution in [2.75, 3.05) is 33.3 Å². The van der Waals surface area contributed by atoms with Crippen molar-refractivity contribution in [3.8, 4) is 5.75 Å². The third-order valence-corrected chi connectivity index (χ3v) is 5.88. The van der Waals surface area contributed by atoms with Gasteiger partial charge < -0.3 is 14.5 Å². The maximum atomic E-state index is 13.3. The summed E-state index contributed by atoms with van der Waals surface area (Å²) >= 11 is 0. The van der Waals surface area contributed by atoms with E-state index in [1.165, 1.54) is 6.42 Å². The summed E-state index contributed by atoms with van der Waals surface area (Å²) in [5.41, 5.74) is 1.06. The Kier molecular flexibility index (Phi) is 6.31. The van der Waals surface area contributed by atoms with Gasteiger partial charge in [-0.2, -0.15) is 0 Å². The maximum Gasteiger partial charge on any atom is 0.228 e. The molecule has 2 saturated heterocycles. The van der Waals surface area contributed by atoms with E-state index in [4.69, 9.17) is 4.74 Å². The molecule has 2 atom stereocenters. The number of amides is 2. The third kappa shape index (κ3) is 4.86. The molecule has 0 aromatic heterocycles. The van der Waals surface area contributed by atoms with E-state index in [0.717, 1.165) is 37.2 Å². The molecule has 2 aliphatic rings. The minimum Gasteiger partial charge on any atom is -0.497 e. The van der Waals surface area contributed by atoms with Gasteiger partial charge in [0.05, 0.1) is 13.0 Å². The second kappa shape index (κ2) is 8.54. The van der Waals surface area contributed by atoms with Gasteiger partial charge in [0.2, 0.25) is 11.8 Å². The highest BCUT2D eigenvalue weighted by atomic mass is 16.5. The van der Waals surface area contributed by atoms with Crippen molar-refractivity contribution < 1.29 is 14.3 Å². The van der Waals surface area contributed by atoms with E-state index in [9.17, 15) is 9.59 Å². The predicted octanol–water partition coefficient (Wildman–Crippen LogP) is 3.69. The Morgan fingerprint density at radius 3 is 2.21 bits per heavy atom. The molecule has 0 unspecified atom stereocenters. The van der Waals surface area contributed by atoms with Crippen LogP contribution in [-0.2, 0) is 9.59 Å². The number of hydrogen-bond acceptors (Lipinski definition) is 3. The second-order valence-electron chi connectivity index (χ2n) is 9.41. The molecule has 2 aliphatic heterocycles. The Morgan fingerprint density at radius 1 is 1.00 bits per heavy atom. The molecule has 0 bridgehead atoms. The van der Waals surface area contributed by atoms with Gasteiger partial charge in [-0.15, -0.1) is 0 Å². The molecule has 2 fully saturated rings. The first-order chi connectivity index (χ1) is 13.3. The fraction of sp³-hybridized carbons (Fsp3) is 0.652. The second-order valence-corrected chi connectivity index (χ2v) is 9.41. The van der Waals surface area contributed by atoms with Crippen molar-refractivity contribution in [1.29, 1.82) is 0 Å². The van der Waals surface area contributed by atoms with Crippen LogP contribution in [-0.4, -0.2) is 54.9 Å². The van der Waals surface area contributed by atoms with Gasteiger partial charge in [0.15, 0.2) is 0 Å². The molecule has 0 aliphatic carbocycles. The lowest BCUT2D eigenvalue weighted by Crippen LogP contribution is -2.42. The molecule has 0 radical (unpaired) electrons. The zero-order valence-corrected chi connectivity index (χ0v) is 17.7. The maximum absolute atomic E-state index is 13.3. The SMILES string of the molecule is COc1ccc([C@H]2CN(C(=O)CC(C)(C)C)C[C@H]2C(=O)N2CCCCC2)cc1. The summed E-state index contributed by atoms with van der Waals surface area (Å²) in [7, 11) is 1.65. The van der Waals surface area contributed by atoms with Gasteiger partial charge in [-0.3, -0.25) is 9.59 Å². The number of carbonyl (C=O) groups is 2. The number of benzene rings is 1. The van der Waals surface area contributed by atoms with E-state index in [1.807, 2.05) is 34.1 Å². The molecular formula is C23H34N2O3. The lowest BCUT2D eigenvalue weighted by atomic mass is 9.87. The van der Waals surface area contributed by atoms with Crippen molar-refractivity contribution >= 4 is 11.8 Å². The summed E-state index contributed by atoms with van der Waals surface area (Å²) in [5.74, 6) is 1.06. The largest absolute Gasteiger partial charge is 0.497 e. The zero-order valence-electron chi connectivity index (χ0n) is 17.7. The van der Waals surface area contributed by atoms with E-state index < -0.39 is 0 Å². The molecule has 0 N–H and O–H groups in total. The van der Waals surface area contributed by atoms with Crippen molar-refractivity contribution in [2.45, 2.75) is 52.4 Å². The summed E-state index contributed by atoms with van der Waals surface area (Å²) in [4.78, 5) is 30.1. The molecule has 2 amide bonds. The number of methoxy groups -OCH3 is 1. The molecule has 154 valence electrons. The Balaban J connectivity index is 1.81. The highest BCUT2D eigenvalue weighted by Crippen LogP contribution is 2.36. The number of piperidine rings is 1. The molecule has 0 saturated carbocycles. The van der Waals surface area contributed by atoms with Crippen LogP contribution in [0.1, 0.15) is 57.9 Å². The Labute approximate surface area is 169 Å². The van der Waals surface area contributed by atoms with Crippen LogP contribution in [0, 0.1) is 11.3 Å². The molecule has 1 aromatic carbocycles. The smallest absolute Gasteiger partial charge is 0.228 e. The Hall–Kier alpha value is -2.04. The monoisotopic (exact) mass is 386 g/mol. The average molecular weight is 387 g/mol. The summed E-state index contributed by atoms with van der Waals surface area (Å²) < 4.78 is 5.28. The molecule has 5 nitrogen and oxygen atoms in total. The number of hydrogen-bond donors (Lipinski definition) is 0.